The van der Waals surface area contributed by atoms with Crippen molar-refractivity contribution < 1.29 is 17.9 Å². The van der Waals surface area contributed by atoms with Crippen molar-refractivity contribution in [1.82, 2.24) is 5.32 Å². The first-order chi connectivity index (χ1) is 8.99. The van der Waals surface area contributed by atoms with Crippen LogP contribution in [0.2, 0.25) is 0 Å². The molecule has 0 heterocycles. The number of alkyl halides is 3. The van der Waals surface area contributed by atoms with E-state index in [4.69, 9.17) is 4.74 Å². The molecule has 0 spiro atoms. The highest BCUT2D eigenvalue weighted by Crippen LogP contribution is 2.35. The first kappa shape index (κ1) is 15.8. The van der Waals surface area contributed by atoms with E-state index in [-0.39, 0.29) is 12.4 Å². The summed E-state index contributed by atoms with van der Waals surface area (Å²) in [6, 6.07) is 5.67. The lowest BCUT2D eigenvalue weighted by atomic mass is 10.2. The van der Waals surface area contributed by atoms with E-state index < -0.39 is 11.7 Å². The summed E-state index contributed by atoms with van der Waals surface area (Å²) in [4.78, 5) is 0. The van der Waals surface area contributed by atoms with Crippen LogP contribution in [0.3, 0.4) is 0 Å². The van der Waals surface area contributed by atoms with E-state index in [0.29, 0.717) is 12.6 Å². The third-order valence-electron chi connectivity index (χ3n) is 2.97. The number of hydrogen-bond donors (Lipinski definition) is 1. The maximum absolute atomic E-state index is 12.7. The minimum Gasteiger partial charge on any atom is -0.492 e. The van der Waals surface area contributed by atoms with Crippen molar-refractivity contribution in [3.63, 3.8) is 0 Å². The van der Waals surface area contributed by atoms with Crippen LogP contribution in [0.15, 0.2) is 24.3 Å². The lowest BCUT2D eigenvalue weighted by Crippen LogP contribution is -2.31. The largest absolute Gasteiger partial charge is 0.492 e. The molecule has 2 nitrogen and oxygen atoms in total. The molecule has 0 fully saturated rings. The minimum atomic E-state index is -4.38. The van der Waals surface area contributed by atoms with Gasteiger partial charge in [0.05, 0.1) is 5.56 Å². The van der Waals surface area contributed by atoms with Gasteiger partial charge >= 0.3 is 6.18 Å². The standard InChI is InChI=1S/C14H20F3NO/c1-3-11(4-2)18-9-10-19-13-8-6-5-7-12(13)14(15,16)17/h5-8,11,18H,3-4,9-10H2,1-2H3. The van der Waals surface area contributed by atoms with E-state index in [1.54, 1.807) is 6.07 Å². The van der Waals surface area contributed by atoms with Crippen molar-refractivity contribution in [1.29, 1.82) is 0 Å². The fourth-order valence-corrected chi connectivity index (χ4v) is 1.83. The van der Waals surface area contributed by atoms with E-state index in [9.17, 15) is 13.2 Å². The molecule has 108 valence electrons. The van der Waals surface area contributed by atoms with E-state index >= 15 is 0 Å². The van der Waals surface area contributed by atoms with Crippen molar-refractivity contribution in [2.75, 3.05) is 13.2 Å². The predicted molar refractivity (Wildman–Crippen MR) is 69.3 cm³/mol. The highest BCUT2D eigenvalue weighted by molar-refractivity contribution is 5.35. The van der Waals surface area contributed by atoms with Gasteiger partial charge in [-0.2, -0.15) is 13.2 Å². The molecule has 5 heteroatoms. The van der Waals surface area contributed by atoms with Gasteiger partial charge in [0.1, 0.15) is 12.4 Å². The molecule has 0 saturated heterocycles. The quantitative estimate of drug-likeness (QED) is 0.763. The number of halogens is 3. The number of para-hydroxylation sites is 1. The van der Waals surface area contributed by atoms with Gasteiger partial charge in [0.15, 0.2) is 0 Å². The van der Waals surface area contributed by atoms with Crippen LogP contribution in [0.1, 0.15) is 32.3 Å². The van der Waals surface area contributed by atoms with Crippen LogP contribution in [0.25, 0.3) is 0 Å². The lowest BCUT2D eigenvalue weighted by molar-refractivity contribution is -0.138. The summed E-state index contributed by atoms with van der Waals surface area (Å²) in [6.07, 6.45) is -2.38. The summed E-state index contributed by atoms with van der Waals surface area (Å²) in [5.41, 5.74) is -0.725. The average molecular weight is 275 g/mol. The summed E-state index contributed by atoms with van der Waals surface area (Å²) in [5, 5.41) is 3.24. The second kappa shape index (κ2) is 7.38. The Morgan fingerprint density at radius 2 is 1.79 bits per heavy atom. The van der Waals surface area contributed by atoms with Crippen LogP contribution in [-0.4, -0.2) is 19.2 Å². The van der Waals surface area contributed by atoms with Gasteiger partial charge in [0.2, 0.25) is 0 Å². The second-order valence-electron chi connectivity index (χ2n) is 4.31. The zero-order valence-electron chi connectivity index (χ0n) is 11.3. The predicted octanol–water partition coefficient (Wildman–Crippen LogP) is 3.86. The Balaban J connectivity index is 2.50. The molecule has 0 aliphatic rings. The molecule has 0 atom stereocenters. The molecular formula is C14H20F3NO. The van der Waals surface area contributed by atoms with Crippen molar-refractivity contribution in [3.05, 3.63) is 29.8 Å². The van der Waals surface area contributed by atoms with Crippen LogP contribution in [-0.2, 0) is 6.18 Å². The number of nitrogens with one attached hydrogen (secondary N) is 1. The molecule has 0 bridgehead atoms. The molecule has 1 aromatic carbocycles. The maximum Gasteiger partial charge on any atom is 0.419 e. The number of benzene rings is 1. The Bertz CT molecular complexity index is 375. The second-order valence-corrected chi connectivity index (χ2v) is 4.31. The monoisotopic (exact) mass is 275 g/mol. The van der Waals surface area contributed by atoms with Gasteiger partial charge in [-0.15, -0.1) is 0 Å². The van der Waals surface area contributed by atoms with Crippen molar-refractivity contribution >= 4 is 0 Å². The Hall–Kier alpha value is -1.23. The van der Waals surface area contributed by atoms with E-state index in [1.165, 1.54) is 12.1 Å². The third kappa shape index (κ3) is 5.11. The zero-order chi connectivity index (χ0) is 14.3. The highest BCUT2D eigenvalue weighted by atomic mass is 19.4. The molecule has 0 aliphatic carbocycles. The average Bonchev–Trinajstić information content (AvgIpc) is 2.38. The van der Waals surface area contributed by atoms with E-state index in [2.05, 4.69) is 19.2 Å². The molecular weight excluding hydrogens is 255 g/mol. The maximum atomic E-state index is 12.7. The van der Waals surface area contributed by atoms with Crippen molar-refractivity contribution in [2.45, 2.75) is 38.9 Å². The van der Waals surface area contributed by atoms with Crippen LogP contribution < -0.4 is 10.1 Å². The Morgan fingerprint density at radius 1 is 1.16 bits per heavy atom. The molecule has 0 amide bonds. The topological polar surface area (TPSA) is 21.3 Å². The Labute approximate surface area is 112 Å². The summed E-state index contributed by atoms with van der Waals surface area (Å²) < 4.78 is 43.3. The van der Waals surface area contributed by atoms with Crippen molar-refractivity contribution in [3.8, 4) is 5.75 Å². The number of rotatable bonds is 7. The summed E-state index contributed by atoms with van der Waals surface area (Å²) in [6.45, 7) is 4.91. The molecule has 0 aliphatic heterocycles. The lowest BCUT2D eigenvalue weighted by Gasteiger charge is -2.16. The fraction of sp³-hybridized carbons (Fsp3) is 0.571. The Morgan fingerprint density at radius 3 is 2.37 bits per heavy atom. The van der Waals surface area contributed by atoms with Gasteiger partial charge in [-0.1, -0.05) is 26.0 Å². The minimum absolute atomic E-state index is 0.110. The van der Waals surface area contributed by atoms with Gasteiger partial charge in [-0.25, -0.2) is 0 Å². The molecule has 1 aromatic rings. The van der Waals surface area contributed by atoms with Gasteiger partial charge in [0, 0.05) is 12.6 Å². The normalized spacial score (nSPS) is 11.9. The van der Waals surface area contributed by atoms with E-state index in [0.717, 1.165) is 18.9 Å². The first-order valence-electron chi connectivity index (χ1n) is 6.51. The zero-order valence-corrected chi connectivity index (χ0v) is 11.3. The summed E-state index contributed by atoms with van der Waals surface area (Å²) in [5.74, 6) is -0.110. The van der Waals surface area contributed by atoms with Crippen LogP contribution in [0.5, 0.6) is 5.75 Å². The molecule has 0 unspecified atom stereocenters. The molecule has 0 radical (unpaired) electrons. The molecule has 19 heavy (non-hydrogen) atoms. The van der Waals surface area contributed by atoms with Crippen LogP contribution in [0.4, 0.5) is 13.2 Å². The molecule has 1 rings (SSSR count). The van der Waals surface area contributed by atoms with Gasteiger partial charge in [0.25, 0.3) is 0 Å². The number of hydrogen-bond acceptors (Lipinski definition) is 2. The van der Waals surface area contributed by atoms with Crippen LogP contribution in [0, 0.1) is 0 Å². The summed E-state index contributed by atoms with van der Waals surface area (Å²) >= 11 is 0. The number of ether oxygens (including phenoxy) is 1. The molecule has 1 N–H and O–H groups in total. The highest BCUT2D eigenvalue weighted by Gasteiger charge is 2.33. The molecule has 0 aromatic heterocycles. The SMILES string of the molecule is CCC(CC)NCCOc1ccccc1C(F)(F)F. The smallest absolute Gasteiger partial charge is 0.419 e. The van der Waals surface area contributed by atoms with E-state index in [1.807, 2.05) is 0 Å². The van der Waals surface area contributed by atoms with Crippen LogP contribution >= 0.6 is 0 Å². The first-order valence-corrected chi connectivity index (χ1v) is 6.51. The van der Waals surface area contributed by atoms with Gasteiger partial charge < -0.3 is 10.1 Å². The van der Waals surface area contributed by atoms with Crippen molar-refractivity contribution in [2.24, 2.45) is 0 Å². The van der Waals surface area contributed by atoms with Gasteiger partial charge in [-0.3, -0.25) is 0 Å². The van der Waals surface area contributed by atoms with Gasteiger partial charge in [-0.05, 0) is 25.0 Å². The third-order valence-corrected chi connectivity index (χ3v) is 2.97. The fourth-order valence-electron chi connectivity index (χ4n) is 1.83. The summed E-state index contributed by atoms with van der Waals surface area (Å²) in [7, 11) is 0. The molecule has 0 saturated carbocycles. The Kier molecular flexibility index (Phi) is 6.15.